The standard InChI is InChI=1S/C10H13N5O3S/c1-2-15-9(17)13-14-10(15)19-5-7-3-6(4-18-7)8(16)12-11/h3-4H,2,5,11H2,1H3,(H,12,16)(H,13,17). The van der Waals surface area contributed by atoms with E-state index in [1.54, 1.807) is 6.07 Å². The number of nitrogen functional groups attached to an aromatic ring is 1. The van der Waals surface area contributed by atoms with Gasteiger partial charge in [0.2, 0.25) is 0 Å². The van der Waals surface area contributed by atoms with E-state index in [2.05, 4.69) is 10.2 Å². The summed E-state index contributed by atoms with van der Waals surface area (Å²) >= 11 is 1.34. The van der Waals surface area contributed by atoms with Crippen LogP contribution in [0.25, 0.3) is 0 Å². The lowest BCUT2D eigenvalue weighted by Crippen LogP contribution is -2.29. The van der Waals surface area contributed by atoms with Crippen molar-refractivity contribution < 1.29 is 9.21 Å². The number of carbonyl (C=O) groups excluding carboxylic acids is 1. The summed E-state index contributed by atoms with van der Waals surface area (Å²) in [6.45, 7) is 2.40. The second kappa shape index (κ2) is 5.76. The summed E-state index contributed by atoms with van der Waals surface area (Å²) < 4.78 is 6.74. The third kappa shape index (κ3) is 2.88. The molecule has 1 amide bonds. The monoisotopic (exact) mass is 283 g/mol. The van der Waals surface area contributed by atoms with Gasteiger partial charge in [-0.15, -0.1) is 5.10 Å². The Morgan fingerprint density at radius 3 is 3.16 bits per heavy atom. The van der Waals surface area contributed by atoms with Crippen molar-refractivity contribution >= 4 is 17.7 Å². The maximum Gasteiger partial charge on any atom is 0.343 e. The van der Waals surface area contributed by atoms with Crippen molar-refractivity contribution in [1.29, 1.82) is 0 Å². The number of nitrogens with zero attached hydrogens (tertiary/aromatic N) is 2. The molecule has 0 aromatic carbocycles. The maximum absolute atomic E-state index is 11.4. The van der Waals surface area contributed by atoms with Crippen molar-refractivity contribution in [2.24, 2.45) is 5.84 Å². The van der Waals surface area contributed by atoms with Gasteiger partial charge in [0, 0.05) is 6.54 Å². The van der Waals surface area contributed by atoms with Crippen LogP contribution in [0.2, 0.25) is 0 Å². The zero-order chi connectivity index (χ0) is 13.8. The van der Waals surface area contributed by atoms with Crippen molar-refractivity contribution in [3.8, 4) is 0 Å². The molecule has 0 radical (unpaired) electrons. The number of amides is 1. The van der Waals surface area contributed by atoms with Crippen LogP contribution < -0.4 is 17.0 Å². The van der Waals surface area contributed by atoms with Gasteiger partial charge in [-0.3, -0.25) is 14.8 Å². The third-order valence-corrected chi connectivity index (χ3v) is 3.43. The normalized spacial score (nSPS) is 10.6. The van der Waals surface area contributed by atoms with Crippen LogP contribution >= 0.6 is 11.8 Å². The van der Waals surface area contributed by atoms with Crippen molar-refractivity contribution in [2.75, 3.05) is 0 Å². The minimum absolute atomic E-state index is 0.243. The molecular formula is C10H13N5O3S. The molecule has 8 nitrogen and oxygen atoms in total. The van der Waals surface area contributed by atoms with E-state index < -0.39 is 5.91 Å². The van der Waals surface area contributed by atoms with Crippen molar-refractivity contribution in [1.82, 2.24) is 20.2 Å². The van der Waals surface area contributed by atoms with Crippen LogP contribution in [0.5, 0.6) is 0 Å². The van der Waals surface area contributed by atoms with Gasteiger partial charge >= 0.3 is 5.69 Å². The molecule has 2 aromatic rings. The summed E-state index contributed by atoms with van der Waals surface area (Å²) in [6, 6.07) is 1.59. The molecular weight excluding hydrogens is 270 g/mol. The number of nitrogens with two attached hydrogens (primary N) is 1. The van der Waals surface area contributed by atoms with Gasteiger partial charge < -0.3 is 4.42 Å². The average molecular weight is 283 g/mol. The lowest BCUT2D eigenvalue weighted by atomic mass is 10.3. The number of aromatic amines is 1. The smallest absolute Gasteiger partial charge is 0.343 e. The Bertz CT molecular complexity index is 629. The molecule has 0 unspecified atom stereocenters. The van der Waals surface area contributed by atoms with Crippen molar-refractivity contribution in [3.05, 3.63) is 34.1 Å². The average Bonchev–Trinajstić information content (AvgIpc) is 3.02. The summed E-state index contributed by atoms with van der Waals surface area (Å²) in [7, 11) is 0. The first-order valence-corrected chi connectivity index (χ1v) is 6.50. The Hall–Kier alpha value is -2.00. The topological polar surface area (TPSA) is 119 Å². The Kier molecular flexibility index (Phi) is 4.07. The summed E-state index contributed by atoms with van der Waals surface area (Å²) in [5.74, 6) is 5.67. The van der Waals surface area contributed by atoms with Crippen LogP contribution in [0.1, 0.15) is 23.0 Å². The van der Waals surface area contributed by atoms with Crippen LogP contribution in [0.3, 0.4) is 0 Å². The number of H-pyrrole nitrogens is 1. The van der Waals surface area contributed by atoms with E-state index in [4.69, 9.17) is 10.3 Å². The molecule has 0 spiro atoms. The van der Waals surface area contributed by atoms with Crippen molar-refractivity contribution in [2.45, 2.75) is 24.4 Å². The maximum atomic E-state index is 11.4. The molecule has 2 aromatic heterocycles. The number of thioether (sulfide) groups is 1. The Morgan fingerprint density at radius 1 is 1.68 bits per heavy atom. The minimum Gasteiger partial charge on any atom is -0.468 e. The molecule has 0 fully saturated rings. The molecule has 0 bridgehead atoms. The van der Waals surface area contributed by atoms with Gasteiger partial charge in [-0.2, -0.15) is 0 Å². The number of hydrogen-bond acceptors (Lipinski definition) is 6. The predicted molar refractivity (Wildman–Crippen MR) is 68.4 cm³/mol. The molecule has 102 valence electrons. The fourth-order valence-electron chi connectivity index (χ4n) is 1.49. The van der Waals surface area contributed by atoms with Gasteiger partial charge in [-0.25, -0.2) is 15.7 Å². The van der Waals surface area contributed by atoms with E-state index in [0.717, 1.165) is 0 Å². The van der Waals surface area contributed by atoms with Crippen LogP contribution in [0, 0.1) is 0 Å². The number of aromatic nitrogens is 3. The Morgan fingerprint density at radius 2 is 2.47 bits per heavy atom. The SMILES string of the molecule is CCn1c(SCc2cc(C(=O)NN)co2)n[nH]c1=O. The van der Waals surface area contributed by atoms with E-state index in [9.17, 15) is 9.59 Å². The van der Waals surface area contributed by atoms with Crippen LogP contribution in [0.15, 0.2) is 26.7 Å². The van der Waals surface area contributed by atoms with Gasteiger partial charge in [0.25, 0.3) is 5.91 Å². The number of carbonyl (C=O) groups is 1. The van der Waals surface area contributed by atoms with Gasteiger partial charge in [0.15, 0.2) is 5.16 Å². The summed E-state index contributed by atoms with van der Waals surface area (Å²) in [6.07, 6.45) is 1.33. The quantitative estimate of drug-likeness (QED) is 0.309. The van der Waals surface area contributed by atoms with E-state index in [1.165, 1.54) is 22.6 Å². The molecule has 2 heterocycles. The molecule has 0 atom stereocenters. The van der Waals surface area contributed by atoms with Crippen LogP contribution in [0.4, 0.5) is 0 Å². The molecule has 0 aliphatic rings. The molecule has 0 saturated carbocycles. The first-order chi connectivity index (χ1) is 9.15. The molecule has 0 aliphatic carbocycles. The highest BCUT2D eigenvalue weighted by Gasteiger charge is 2.11. The number of nitrogens with one attached hydrogen (secondary N) is 2. The van der Waals surface area contributed by atoms with Crippen molar-refractivity contribution in [3.63, 3.8) is 0 Å². The fourth-order valence-corrected chi connectivity index (χ4v) is 2.39. The molecule has 2 rings (SSSR count). The Labute approximate surface area is 112 Å². The summed E-state index contributed by atoms with van der Waals surface area (Å²) in [5.41, 5.74) is 2.13. The minimum atomic E-state index is -0.412. The lowest BCUT2D eigenvalue weighted by Gasteiger charge is -1.99. The number of furan rings is 1. The number of hydrazine groups is 1. The fraction of sp³-hybridized carbons (Fsp3) is 0.300. The molecule has 0 saturated heterocycles. The Balaban J connectivity index is 2.04. The highest BCUT2D eigenvalue weighted by atomic mass is 32.2. The number of hydrogen-bond donors (Lipinski definition) is 3. The summed E-state index contributed by atoms with van der Waals surface area (Å²) in [4.78, 5) is 22.6. The molecule has 19 heavy (non-hydrogen) atoms. The summed E-state index contributed by atoms with van der Waals surface area (Å²) in [5, 5.41) is 6.87. The molecule has 0 aliphatic heterocycles. The first-order valence-electron chi connectivity index (χ1n) is 5.52. The van der Waals surface area contributed by atoms with Crippen LogP contribution in [-0.2, 0) is 12.3 Å². The van der Waals surface area contributed by atoms with Gasteiger partial charge in [-0.1, -0.05) is 11.8 Å². The third-order valence-electron chi connectivity index (χ3n) is 2.43. The molecule has 9 heteroatoms. The number of rotatable bonds is 5. The van der Waals surface area contributed by atoms with E-state index in [0.29, 0.717) is 28.8 Å². The van der Waals surface area contributed by atoms with Gasteiger partial charge in [0.05, 0.1) is 11.3 Å². The zero-order valence-corrected chi connectivity index (χ0v) is 11.0. The lowest BCUT2D eigenvalue weighted by molar-refractivity contribution is 0.0953. The largest absolute Gasteiger partial charge is 0.468 e. The highest BCUT2D eigenvalue weighted by molar-refractivity contribution is 7.98. The van der Waals surface area contributed by atoms with E-state index in [-0.39, 0.29) is 5.69 Å². The van der Waals surface area contributed by atoms with Crippen LogP contribution in [-0.4, -0.2) is 20.7 Å². The van der Waals surface area contributed by atoms with E-state index in [1.807, 2.05) is 12.3 Å². The molecule has 4 N–H and O–H groups in total. The predicted octanol–water partition coefficient (Wildman–Crippen LogP) is 0.0801. The van der Waals surface area contributed by atoms with E-state index >= 15 is 0 Å². The highest BCUT2D eigenvalue weighted by Crippen LogP contribution is 2.21. The second-order valence-corrected chi connectivity index (χ2v) is 4.56. The first kappa shape index (κ1) is 13.4. The zero-order valence-electron chi connectivity index (χ0n) is 10.2. The van der Waals surface area contributed by atoms with Gasteiger partial charge in [-0.05, 0) is 13.0 Å². The second-order valence-electron chi connectivity index (χ2n) is 3.62. The van der Waals surface area contributed by atoms with Gasteiger partial charge in [0.1, 0.15) is 12.0 Å².